The van der Waals surface area contributed by atoms with Gasteiger partial charge in [-0.05, 0) is 37.9 Å². The van der Waals surface area contributed by atoms with E-state index in [9.17, 15) is 4.79 Å². The minimum atomic E-state index is 0. The van der Waals surface area contributed by atoms with Crippen molar-refractivity contribution < 1.29 is 9.53 Å². The Morgan fingerprint density at radius 3 is 2.70 bits per heavy atom. The number of Topliss-reactive ketones (excluding diaryl/α,β-unsaturated/α-hetero) is 1. The number of benzene rings is 2. The van der Waals surface area contributed by atoms with Gasteiger partial charge in [0.1, 0.15) is 12.4 Å². The number of likely N-dealkylation sites (N-methyl/N-ethyl adjacent to an activating group) is 1. The summed E-state index contributed by atoms with van der Waals surface area (Å²) in [5.41, 5.74) is 1.86. The predicted octanol–water partition coefficient (Wildman–Crippen LogP) is 3.94. The first-order valence-electron chi connectivity index (χ1n) is 7.34. The molecule has 5 heteroatoms. The summed E-state index contributed by atoms with van der Waals surface area (Å²) in [4.78, 5) is 16.7. The summed E-state index contributed by atoms with van der Waals surface area (Å²) in [7, 11) is 4.03. The Kier molecular flexibility index (Phi) is 6.10. The van der Waals surface area contributed by atoms with E-state index in [1.165, 1.54) is 0 Å². The Bertz CT molecular complexity index is 703. The molecule has 1 heterocycles. The Hall–Kier alpha value is -1.49. The van der Waals surface area contributed by atoms with E-state index in [0.29, 0.717) is 13.0 Å². The largest absolute Gasteiger partial charge is 0.491 e. The fourth-order valence-electron chi connectivity index (χ4n) is 2.42. The van der Waals surface area contributed by atoms with Crippen LogP contribution in [0.2, 0.25) is 0 Å². The highest BCUT2D eigenvalue weighted by Crippen LogP contribution is 2.42. The molecule has 2 aromatic rings. The highest BCUT2D eigenvalue weighted by atomic mass is 35.5. The Balaban J connectivity index is 0.00000192. The summed E-state index contributed by atoms with van der Waals surface area (Å²) in [5.74, 6) is 0.958. The molecule has 0 aliphatic carbocycles. The minimum Gasteiger partial charge on any atom is -0.491 e. The maximum Gasteiger partial charge on any atom is 0.168 e. The summed E-state index contributed by atoms with van der Waals surface area (Å²) in [6.45, 7) is 1.46. The third-order valence-corrected chi connectivity index (χ3v) is 4.85. The third-order valence-electron chi connectivity index (χ3n) is 3.61. The zero-order chi connectivity index (χ0) is 15.5. The summed E-state index contributed by atoms with van der Waals surface area (Å²) in [6, 6.07) is 13.8. The first kappa shape index (κ1) is 17.9. The summed E-state index contributed by atoms with van der Waals surface area (Å²) in [6.07, 6.45) is 0.456. The van der Waals surface area contributed by atoms with Gasteiger partial charge in [0.05, 0.1) is 4.90 Å². The van der Waals surface area contributed by atoms with Gasteiger partial charge in [-0.2, -0.15) is 0 Å². The average molecular weight is 350 g/mol. The monoisotopic (exact) mass is 349 g/mol. The van der Waals surface area contributed by atoms with Crippen LogP contribution < -0.4 is 4.74 Å². The molecular formula is C18H20ClNO2S. The van der Waals surface area contributed by atoms with E-state index in [0.717, 1.165) is 33.2 Å². The Morgan fingerprint density at radius 2 is 1.91 bits per heavy atom. The van der Waals surface area contributed by atoms with Gasteiger partial charge in [0, 0.05) is 23.4 Å². The molecule has 0 unspecified atom stereocenters. The molecule has 23 heavy (non-hydrogen) atoms. The molecule has 0 radical (unpaired) electrons. The van der Waals surface area contributed by atoms with Crippen molar-refractivity contribution in [2.75, 3.05) is 27.2 Å². The number of hydrogen-bond acceptors (Lipinski definition) is 4. The van der Waals surface area contributed by atoms with E-state index in [1.807, 2.05) is 50.5 Å². The van der Waals surface area contributed by atoms with Crippen LogP contribution in [0.4, 0.5) is 0 Å². The molecular weight excluding hydrogens is 330 g/mol. The van der Waals surface area contributed by atoms with Crippen LogP contribution in [0.5, 0.6) is 5.75 Å². The van der Waals surface area contributed by atoms with Crippen LogP contribution in [0.15, 0.2) is 52.3 Å². The number of ether oxygens (including phenoxy) is 1. The van der Waals surface area contributed by atoms with Crippen LogP contribution >= 0.6 is 24.2 Å². The topological polar surface area (TPSA) is 29.5 Å². The van der Waals surface area contributed by atoms with Crippen molar-refractivity contribution >= 4 is 30.0 Å². The van der Waals surface area contributed by atoms with Crippen molar-refractivity contribution in [2.24, 2.45) is 0 Å². The molecule has 0 saturated carbocycles. The normalized spacial score (nSPS) is 12.9. The molecule has 0 bridgehead atoms. The van der Waals surface area contributed by atoms with Crippen LogP contribution in [0.25, 0.3) is 0 Å². The second kappa shape index (κ2) is 7.86. The molecule has 3 rings (SSSR count). The summed E-state index contributed by atoms with van der Waals surface area (Å²) in [5, 5.41) is 0. The molecule has 2 aromatic carbocycles. The van der Waals surface area contributed by atoms with Crippen LogP contribution in [-0.2, 0) is 6.42 Å². The van der Waals surface area contributed by atoms with Crippen molar-refractivity contribution in [1.82, 2.24) is 4.90 Å². The molecule has 1 aliphatic rings. The minimum absolute atomic E-state index is 0. The fraction of sp³-hybridized carbons (Fsp3) is 0.278. The van der Waals surface area contributed by atoms with E-state index in [-0.39, 0.29) is 18.2 Å². The molecule has 0 aromatic heterocycles. The third kappa shape index (κ3) is 4.08. The van der Waals surface area contributed by atoms with Gasteiger partial charge in [-0.1, -0.05) is 36.0 Å². The first-order valence-corrected chi connectivity index (χ1v) is 8.16. The molecule has 3 nitrogen and oxygen atoms in total. The van der Waals surface area contributed by atoms with Gasteiger partial charge in [0.25, 0.3) is 0 Å². The molecule has 0 N–H and O–H groups in total. The smallest absolute Gasteiger partial charge is 0.168 e. The Morgan fingerprint density at radius 1 is 1.13 bits per heavy atom. The molecule has 0 amide bonds. The zero-order valence-corrected chi connectivity index (χ0v) is 14.9. The van der Waals surface area contributed by atoms with Gasteiger partial charge < -0.3 is 9.64 Å². The van der Waals surface area contributed by atoms with Crippen molar-refractivity contribution in [2.45, 2.75) is 16.2 Å². The predicted molar refractivity (Wildman–Crippen MR) is 96.3 cm³/mol. The number of carbonyl (C=O) groups excluding carboxylic acids is 1. The van der Waals surface area contributed by atoms with Crippen molar-refractivity contribution in [3.8, 4) is 5.75 Å². The lowest BCUT2D eigenvalue weighted by Crippen LogP contribution is -2.19. The summed E-state index contributed by atoms with van der Waals surface area (Å²) < 4.78 is 5.92. The maximum absolute atomic E-state index is 12.5. The zero-order valence-electron chi connectivity index (χ0n) is 13.2. The van der Waals surface area contributed by atoms with E-state index in [4.69, 9.17) is 4.74 Å². The van der Waals surface area contributed by atoms with Gasteiger partial charge in [-0.3, -0.25) is 4.79 Å². The highest BCUT2D eigenvalue weighted by Gasteiger charge is 2.22. The van der Waals surface area contributed by atoms with E-state index in [2.05, 4.69) is 11.0 Å². The van der Waals surface area contributed by atoms with Crippen molar-refractivity contribution in [1.29, 1.82) is 0 Å². The lowest BCUT2D eigenvalue weighted by molar-refractivity contribution is 0.0989. The lowest BCUT2D eigenvalue weighted by Gasteiger charge is -2.15. The molecule has 1 aliphatic heterocycles. The standard InChI is InChI=1S/C18H19NO2S.ClH/c1-19(2)10-11-21-16-8-5-7-14-15(20)12-13-6-3-4-9-17(13)22-18(14)16;/h3-9H,10-12H2,1-2H3;1H. The number of rotatable bonds is 4. The van der Waals surface area contributed by atoms with Gasteiger partial charge in [0.2, 0.25) is 0 Å². The molecule has 0 fully saturated rings. The van der Waals surface area contributed by atoms with Gasteiger partial charge in [0.15, 0.2) is 5.78 Å². The highest BCUT2D eigenvalue weighted by molar-refractivity contribution is 7.99. The average Bonchev–Trinajstić information content (AvgIpc) is 2.64. The lowest BCUT2D eigenvalue weighted by atomic mass is 10.0. The van der Waals surface area contributed by atoms with Crippen LogP contribution in [0, 0.1) is 0 Å². The van der Waals surface area contributed by atoms with Crippen LogP contribution in [0.1, 0.15) is 15.9 Å². The van der Waals surface area contributed by atoms with E-state index < -0.39 is 0 Å². The first-order chi connectivity index (χ1) is 10.6. The number of nitrogens with zero attached hydrogens (tertiary/aromatic N) is 1. The van der Waals surface area contributed by atoms with Gasteiger partial charge in [-0.25, -0.2) is 0 Å². The number of fused-ring (bicyclic) bond motifs is 2. The molecule has 0 spiro atoms. The van der Waals surface area contributed by atoms with Gasteiger partial charge >= 0.3 is 0 Å². The van der Waals surface area contributed by atoms with E-state index in [1.54, 1.807) is 11.8 Å². The molecule has 0 saturated heterocycles. The molecule has 0 atom stereocenters. The second-order valence-electron chi connectivity index (χ2n) is 5.59. The number of ketones is 1. The number of hydrogen-bond donors (Lipinski definition) is 0. The van der Waals surface area contributed by atoms with E-state index >= 15 is 0 Å². The SMILES string of the molecule is CN(C)CCOc1cccc2c1Sc1ccccc1CC2=O.Cl. The number of carbonyl (C=O) groups is 1. The quantitative estimate of drug-likeness (QED) is 0.836. The second-order valence-corrected chi connectivity index (χ2v) is 6.65. The summed E-state index contributed by atoms with van der Waals surface area (Å²) >= 11 is 1.63. The fourth-order valence-corrected chi connectivity index (χ4v) is 3.58. The van der Waals surface area contributed by atoms with Gasteiger partial charge in [-0.15, -0.1) is 12.4 Å². The van der Waals surface area contributed by atoms with Crippen LogP contribution in [-0.4, -0.2) is 37.9 Å². The van der Waals surface area contributed by atoms with Crippen LogP contribution in [0.3, 0.4) is 0 Å². The Labute approximate surface area is 147 Å². The van der Waals surface area contributed by atoms with Crippen molar-refractivity contribution in [3.63, 3.8) is 0 Å². The maximum atomic E-state index is 12.5. The molecule has 122 valence electrons. The van der Waals surface area contributed by atoms with Crippen molar-refractivity contribution in [3.05, 3.63) is 53.6 Å². The number of halogens is 1.